The molecular formula is C23H17ClFNO3. The Labute approximate surface area is 171 Å². The summed E-state index contributed by atoms with van der Waals surface area (Å²) in [7, 11) is 1.85. The first-order chi connectivity index (χ1) is 13.9. The number of hydrogen-bond acceptors (Lipinski definition) is 3. The maximum atomic E-state index is 14.6. The van der Waals surface area contributed by atoms with E-state index >= 15 is 0 Å². The molecule has 0 bridgehead atoms. The summed E-state index contributed by atoms with van der Waals surface area (Å²) in [6.45, 7) is 1.82. The molecule has 0 radical (unpaired) electrons. The molecule has 3 aromatic carbocycles. The van der Waals surface area contributed by atoms with Gasteiger partial charge in [-0.05, 0) is 48.9 Å². The Morgan fingerprint density at radius 2 is 1.86 bits per heavy atom. The normalized spacial score (nSPS) is 11.2. The number of rotatable bonds is 3. The highest BCUT2D eigenvalue weighted by Gasteiger charge is 2.18. The highest BCUT2D eigenvalue weighted by Crippen LogP contribution is 2.33. The van der Waals surface area contributed by atoms with Gasteiger partial charge in [0.2, 0.25) is 0 Å². The molecule has 0 aliphatic carbocycles. The van der Waals surface area contributed by atoms with Crippen LogP contribution < -0.4 is 5.43 Å². The second kappa shape index (κ2) is 7.33. The molecule has 29 heavy (non-hydrogen) atoms. The van der Waals surface area contributed by atoms with Crippen molar-refractivity contribution < 1.29 is 13.9 Å². The van der Waals surface area contributed by atoms with Gasteiger partial charge in [0, 0.05) is 28.4 Å². The molecule has 4 rings (SSSR count). The number of ether oxygens (including phenoxy) is 1. The zero-order valence-electron chi connectivity index (χ0n) is 15.8. The Morgan fingerprint density at radius 3 is 2.59 bits per heavy atom. The molecule has 6 heteroatoms. The highest BCUT2D eigenvalue weighted by molar-refractivity contribution is 6.32. The summed E-state index contributed by atoms with van der Waals surface area (Å²) in [5, 5.41) is 1.40. The monoisotopic (exact) mass is 409 g/mol. The minimum absolute atomic E-state index is 0.138. The standard InChI is InChI=1S/C23H17ClFNO3/c1-3-29-23(28)15-9-8-13(10-19(15)25)17-11-14(24)12-18-21(17)26(2)20-7-5-4-6-16(20)22(18)27/h4-12H,3H2,1-2H3. The largest absolute Gasteiger partial charge is 0.462 e. The van der Waals surface area contributed by atoms with Gasteiger partial charge < -0.3 is 9.30 Å². The number of aromatic nitrogens is 1. The average molecular weight is 410 g/mol. The Kier molecular flexibility index (Phi) is 4.84. The van der Waals surface area contributed by atoms with Gasteiger partial charge in [-0.2, -0.15) is 0 Å². The number of para-hydroxylation sites is 1. The van der Waals surface area contributed by atoms with E-state index in [1.165, 1.54) is 12.1 Å². The van der Waals surface area contributed by atoms with Crippen LogP contribution in [-0.2, 0) is 11.8 Å². The van der Waals surface area contributed by atoms with Crippen LogP contribution in [0.5, 0.6) is 0 Å². The molecule has 1 heterocycles. The van der Waals surface area contributed by atoms with Crippen molar-refractivity contribution in [2.24, 2.45) is 7.05 Å². The van der Waals surface area contributed by atoms with Crippen molar-refractivity contribution in [3.63, 3.8) is 0 Å². The number of aryl methyl sites for hydroxylation is 1. The fourth-order valence-corrected chi connectivity index (χ4v) is 3.85. The predicted octanol–water partition coefficient (Wildman–Crippen LogP) is 5.33. The first-order valence-corrected chi connectivity index (χ1v) is 9.48. The van der Waals surface area contributed by atoms with E-state index in [4.69, 9.17) is 16.3 Å². The number of carbonyl (C=O) groups excluding carboxylic acids is 1. The Balaban J connectivity index is 2.03. The lowest BCUT2D eigenvalue weighted by molar-refractivity contribution is 0.0521. The van der Waals surface area contributed by atoms with Gasteiger partial charge in [-0.1, -0.05) is 29.8 Å². The van der Waals surface area contributed by atoms with Gasteiger partial charge in [-0.25, -0.2) is 9.18 Å². The van der Waals surface area contributed by atoms with Gasteiger partial charge >= 0.3 is 5.97 Å². The van der Waals surface area contributed by atoms with E-state index in [9.17, 15) is 14.0 Å². The zero-order valence-corrected chi connectivity index (χ0v) is 16.6. The van der Waals surface area contributed by atoms with Crippen LogP contribution in [0, 0.1) is 5.82 Å². The van der Waals surface area contributed by atoms with Crippen molar-refractivity contribution in [3.8, 4) is 11.1 Å². The lowest BCUT2D eigenvalue weighted by atomic mass is 9.98. The number of halogens is 2. The third-order valence-corrected chi connectivity index (χ3v) is 5.16. The molecule has 146 valence electrons. The van der Waals surface area contributed by atoms with Crippen LogP contribution in [0.15, 0.2) is 59.4 Å². The van der Waals surface area contributed by atoms with E-state index in [1.807, 2.05) is 29.8 Å². The molecule has 0 aliphatic rings. The van der Waals surface area contributed by atoms with Gasteiger partial charge in [-0.15, -0.1) is 0 Å². The number of nitrogens with zero attached hydrogens (tertiary/aromatic N) is 1. The molecule has 4 aromatic rings. The Bertz CT molecular complexity index is 1340. The summed E-state index contributed by atoms with van der Waals surface area (Å²) < 4.78 is 21.4. The fraction of sp³-hybridized carbons (Fsp3) is 0.130. The molecule has 0 saturated heterocycles. The molecule has 0 fully saturated rings. The maximum Gasteiger partial charge on any atom is 0.341 e. The minimum atomic E-state index is -0.717. The van der Waals surface area contributed by atoms with Crippen LogP contribution in [0.3, 0.4) is 0 Å². The molecule has 1 aromatic heterocycles. The Morgan fingerprint density at radius 1 is 1.10 bits per heavy atom. The molecule has 0 saturated carbocycles. The quantitative estimate of drug-likeness (QED) is 0.339. The topological polar surface area (TPSA) is 48.3 Å². The van der Waals surface area contributed by atoms with Crippen LogP contribution in [0.25, 0.3) is 32.9 Å². The maximum absolute atomic E-state index is 14.6. The van der Waals surface area contributed by atoms with E-state index in [1.54, 1.807) is 31.2 Å². The number of carbonyl (C=O) groups is 1. The van der Waals surface area contributed by atoms with Gasteiger partial charge in [0.1, 0.15) is 5.82 Å². The fourth-order valence-electron chi connectivity index (χ4n) is 3.63. The second-order valence-electron chi connectivity index (χ2n) is 6.67. The highest BCUT2D eigenvalue weighted by atomic mass is 35.5. The molecule has 0 atom stereocenters. The predicted molar refractivity (Wildman–Crippen MR) is 113 cm³/mol. The van der Waals surface area contributed by atoms with Gasteiger partial charge in [0.05, 0.1) is 23.2 Å². The second-order valence-corrected chi connectivity index (χ2v) is 7.11. The number of esters is 1. The first-order valence-electron chi connectivity index (χ1n) is 9.10. The van der Waals surface area contributed by atoms with Crippen molar-refractivity contribution >= 4 is 39.4 Å². The van der Waals surface area contributed by atoms with Gasteiger partial charge in [-0.3, -0.25) is 4.79 Å². The number of pyridine rings is 1. The first kappa shape index (κ1) is 19.2. The average Bonchev–Trinajstić information content (AvgIpc) is 2.71. The zero-order chi connectivity index (χ0) is 20.7. The molecule has 0 spiro atoms. The smallest absolute Gasteiger partial charge is 0.341 e. The third kappa shape index (κ3) is 3.17. The molecule has 4 nitrogen and oxygen atoms in total. The van der Waals surface area contributed by atoms with Crippen LogP contribution >= 0.6 is 11.6 Å². The lowest BCUT2D eigenvalue weighted by Crippen LogP contribution is -2.10. The van der Waals surface area contributed by atoms with Crippen molar-refractivity contribution in [1.29, 1.82) is 0 Å². The van der Waals surface area contributed by atoms with Crippen molar-refractivity contribution in [2.45, 2.75) is 6.92 Å². The SMILES string of the molecule is CCOC(=O)c1ccc(-c2cc(Cl)cc3c(=O)c4ccccc4n(C)c23)cc1F. The molecule has 0 amide bonds. The lowest BCUT2D eigenvalue weighted by Gasteiger charge is -2.15. The summed E-state index contributed by atoms with van der Waals surface area (Å²) >= 11 is 6.30. The molecule has 0 N–H and O–H groups in total. The van der Waals surface area contributed by atoms with E-state index in [0.717, 1.165) is 5.52 Å². The van der Waals surface area contributed by atoms with Gasteiger partial charge in [0.15, 0.2) is 5.43 Å². The summed E-state index contributed by atoms with van der Waals surface area (Å²) in [5.41, 5.74) is 2.24. The van der Waals surface area contributed by atoms with Crippen LogP contribution in [0.2, 0.25) is 5.02 Å². The Hall–Kier alpha value is -3.18. The van der Waals surface area contributed by atoms with Crippen molar-refractivity contribution in [2.75, 3.05) is 6.61 Å². The number of benzene rings is 3. The molecule has 0 unspecified atom stereocenters. The summed E-state index contributed by atoms with van der Waals surface area (Å²) in [5.74, 6) is -1.41. The minimum Gasteiger partial charge on any atom is -0.462 e. The van der Waals surface area contributed by atoms with E-state index in [0.29, 0.717) is 32.4 Å². The van der Waals surface area contributed by atoms with Crippen LogP contribution in [0.1, 0.15) is 17.3 Å². The summed E-state index contributed by atoms with van der Waals surface area (Å²) in [6.07, 6.45) is 0. The van der Waals surface area contributed by atoms with Crippen LogP contribution in [0.4, 0.5) is 4.39 Å². The molecule has 0 aliphatic heterocycles. The third-order valence-electron chi connectivity index (χ3n) is 4.94. The van der Waals surface area contributed by atoms with E-state index in [-0.39, 0.29) is 17.6 Å². The van der Waals surface area contributed by atoms with E-state index < -0.39 is 11.8 Å². The van der Waals surface area contributed by atoms with Crippen molar-refractivity contribution in [1.82, 2.24) is 4.57 Å². The van der Waals surface area contributed by atoms with Gasteiger partial charge in [0.25, 0.3) is 0 Å². The number of fused-ring (bicyclic) bond motifs is 2. The van der Waals surface area contributed by atoms with Crippen LogP contribution in [-0.4, -0.2) is 17.1 Å². The van der Waals surface area contributed by atoms with E-state index in [2.05, 4.69) is 0 Å². The van der Waals surface area contributed by atoms with Crippen molar-refractivity contribution in [3.05, 3.63) is 81.2 Å². The number of hydrogen-bond donors (Lipinski definition) is 0. The summed E-state index contributed by atoms with van der Waals surface area (Å²) in [4.78, 5) is 24.9. The molecular weight excluding hydrogens is 393 g/mol. The summed E-state index contributed by atoms with van der Waals surface area (Å²) in [6, 6.07) is 14.9.